The summed E-state index contributed by atoms with van der Waals surface area (Å²) in [6.45, 7) is -1.29. The van der Waals surface area contributed by atoms with Crippen LogP contribution >= 0.6 is 0 Å². The zero-order chi connectivity index (χ0) is 33.8. The molecule has 2 heterocycles. The van der Waals surface area contributed by atoms with E-state index in [1.807, 2.05) is 0 Å². The predicted octanol–water partition coefficient (Wildman–Crippen LogP) is 4.47. The number of amides is 2. The van der Waals surface area contributed by atoms with Crippen molar-refractivity contribution in [3.05, 3.63) is 89.2 Å². The summed E-state index contributed by atoms with van der Waals surface area (Å²) in [6, 6.07) is 12.3. The van der Waals surface area contributed by atoms with E-state index in [4.69, 9.17) is 19.3 Å². The third-order valence-corrected chi connectivity index (χ3v) is 7.32. The lowest BCUT2D eigenvalue weighted by atomic mass is 9.88. The molecule has 1 aliphatic heterocycles. The lowest BCUT2D eigenvalue weighted by molar-refractivity contribution is -0.124. The zero-order valence-corrected chi connectivity index (χ0v) is 25.2. The van der Waals surface area contributed by atoms with Crippen LogP contribution in [0, 0.1) is 11.6 Å². The molecule has 10 nitrogen and oxygen atoms in total. The first-order chi connectivity index (χ1) is 22.5. The first-order valence-corrected chi connectivity index (χ1v) is 14.8. The van der Waals surface area contributed by atoms with E-state index in [0.717, 1.165) is 11.8 Å². The monoisotopic (exact) mass is 666 g/mol. The van der Waals surface area contributed by atoms with Crippen molar-refractivity contribution in [2.45, 2.75) is 43.5 Å². The molecule has 4 N–H and O–H groups in total. The van der Waals surface area contributed by atoms with Crippen molar-refractivity contribution in [1.82, 2.24) is 15.6 Å². The number of aliphatic hydroxyl groups excluding tert-OH is 1. The number of anilines is 1. The normalized spacial score (nSPS) is 17.1. The van der Waals surface area contributed by atoms with Crippen molar-refractivity contribution >= 4 is 17.7 Å². The van der Waals surface area contributed by atoms with Gasteiger partial charge in [-0.1, -0.05) is 24.3 Å². The van der Waals surface area contributed by atoms with Gasteiger partial charge in [-0.05, 0) is 48.2 Å². The van der Waals surface area contributed by atoms with Gasteiger partial charge in [0, 0.05) is 24.4 Å². The van der Waals surface area contributed by atoms with E-state index in [1.165, 1.54) is 18.3 Å². The zero-order valence-electron chi connectivity index (χ0n) is 25.2. The first-order valence-electron chi connectivity index (χ1n) is 14.8. The van der Waals surface area contributed by atoms with Gasteiger partial charge in [0.05, 0.1) is 43.4 Å². The van der Waals surface area contributed by atoms with Gasteiger partial charge in [-0.15, -0.1) is 0 Å². The number of aliphatic hydroxyl groups is 1. The fourth-order valence-electron chi connectivity index (χ4n) is 4.96. The summed E-state index contributed by atoms with van der Waals surface area (Å²) in [7, 11) is 0. The van der Waals surface area contributed by atoms with Gasteiger partial charge in [-0.25, -0.2) is 13.6 Å². The molecule has 1 aliphatic rings. The molecule has 3 atom stereocenters. The average Bonchev–Trinajstić information content (AvgIpc) is 3.05. The number of nitrogens with one attached hydrogen (secondary N) is 3. The number of morpholine rings is 1. The molecule has 4 rings (SSSR count). The molecule has 2 amide bonds. The van der Waals surface area contributed by atoms with Crippen LogP contribution in [-0.4, -0.2) is 79.9 Å². The minimum absolute atomic E-state index is 0.0498. The molecule has 0 spiro atoms. The van der Waals surface area contributed by atoms with Gasteiger partial charge in [-0.3, -0.25) is 9.78 Å². The van der Waals surface area contributed by atoms with Crippen LogP contribution < -0.4 is 20.7 Å². The standard InChI is InChI=1S/C32H35F5N4O6/c33-22-5-1-20(2-6-22)27(21-3-7-24(8-4-21)45-12-11-42)13-30(43)41-29-16-38-15-28(34)26(29)10-9-25-14-39-23(17-46-25)18-47-31(44)40-19-32(35,36)37/h1-8,15-16,23,25,27,39,42H,9-14,17-19H2,(H,40,44)(H,41,43)/t23-,25+,27-/m0/s1. The number of carbonyl (C=O) groups excluding carboxylic acids is 2. The number of benzene rings is 2. The van der Waals surface area contributed by atoms with Crippen LogP contribution in [0.15, 0.2) is 60.9 Å². The Kier molecular flexibility index (Phi) is 12.8. The number of alkyl halides is 3. The molecule has 254 valence electrons. The quantitative estimate of drug-likeness (QED) is 0.186. The number of halogens is 5. The largest absolute Gasteiger partial charge is 0.491 e. The van der Waals surface area contributed by atoms with E-state index in [9.17, 15) is 31.5 Å². The van der Waals surface area contributed by atoms with Crippen molar-refractivity contribution < 1.29 is 50.9 Å². The number of hydrogen-bond donors (Lipinski definition) is 4. The van der Waals surface area contributed by atoms with E-state index >= 15 is 0 Å². The predicted molar refractivity (Wildman–Crippen MR) is 160 cm³/mol. The number of carbonyl (C=O) groups is 2. The summed E-state index contributed by atoms with van der Waals surface area (Å²) in [5.74, 6) is -1.40. The maximum absolute atomic E-state index is 14.9. The summed E-state index contributed by atoms with van der Waals surface area (Å²) in [6.07, 6.45) is -3.20. The summed E-state index contributed by atoms with van der Waals surface area (Å²) < 4.78 is 81.3. The summed E-state index contributed by atoms with van der Waals surface area (Å²) in [5.41, 5.74) is 1.87. The van der Waals surface area contributed by atoms with Crippen molar-refractivity contribution in [3.63, 3.8) is 0 Å². The van der Waals surface area contributed by atoms with Crippen molar-refractivity contribution in [3.8, 4) is 5.75 Å². The minimum Gasteiger partial charge on any atom is -0.491 e. The number of nitrogens with zero attached hydrogens (tertiary/aromatic N) is 1. The molecule has 47 heavy (non-hydrogen) atoms. The van der Waals surface area contributed by atoms with Gasteiger partial charge in [-0.2, -0.15) is 13.2 Å². The maximum atomic E-state index is 14.9. The molecule has 0 radical (unpaired) electrons. The fourth-order valence-corrected chi connectivity index (χ4v) is 4.96. The average molecular weight is 667 g/mol. The molecule has 1 fully saturated rings. The van der Waals surface area contributed by atoms with Crippen LogP contribution in [0.2, 0.25) is 0 Å². The van der Waals surface area contributed by atoms with Crippen LogP contribution in [0.3, 0.4) is 0 Å². The van der Waals surface area contributed by atoms with Gasteiger partial charge in [0.1, 0.15) is 37.1 Å². The Balaban J connectivity index is 1.33. The highest BCUT2D eigenvalue weighted by atomic mass is 19.4. The highest BCUT2D eigenvalue weighted by Crippen LogP contribution is 2.31. The number of rotatable bonds is 14. The fraction of sp³-hybridized carbons (Fsp3) is 0.406. The molecular formula is C32H35F5N4O6. The molecule has 0 bridgehead atoms. The van der Waals surface area contributed by atoms with Gasteiger partial charge >= 0.3 is 12.3 Å². The molecule has 2 aromatic carbocycles. The number of ether oxygens (including phenoxy) is 3. The van der Waals surface area contributed by atoms with Crippen molar-refractivity contribution in [2.75, 3.05) is 44.8 Å². The number of pyridine rings is 1. The van der Waals surface area contributed by atoms with Crippen LogP contribution in [0.25, 0.3) is 0 Å². The Labute approximate surface area is 267 Å². The molecule has 0 saturated carbocycles. The molecule has 1 saturated heterocycles. The highest BCUT2D eigenvalue weighted by Gasteiger charge is 2.29. The Bertz CT molecular complexity index is 1450. The lowest BCUT2D eigenvalue weighted by Crippen LogP contribution is -2.49. The summed E-state index contributed by atoms with van der Waals surface area (Å²) >= 11 is 0. The molecule has 0 unspecified atom stereocenters. The highest BCUT2D eigenvalue weighted by molar-refractivity contribution is 5.92. The second-order valence-corrected chi connectivity index (χ2v) is 10.8. The van der Waals surface area contributed by atoms with Crippen LogP contribution in [0.4, 0.5) is 32.4 Å². The first kappa shape index (κ1) is 35.5. The third-order valence-electron chi connectivity index (χ3n) is 7.32. The van der Waals surface area contributed by atoms with Gasteiger partial charge in [0.2, 0.25) is 5.91 Å². The number of hydrogen-bond acceptors (Lipinski definition) is 8. The Morgan fingerprint density at radius 1 is 1.06 bits per heavy atom. The Hall–Kier alpha value is -4.34. The topological polar surface area (TPSA) is 131 Å². The molecule has 15 heteroatoms. The van der Waals surface area contributed by atoms with Gasteiger partial charge < -0.3 is 35.3 Å². The van der Waals surface area contributed by atoms with Crippen LogP contribution in [0.5, 0.6) is 5.75 Å². The third kappa shape index (κ3) is 11.4. The summed E-state index contributed by atoms with van der Waals surface area (Å²) in [5, 5.41) is 16.5. The minimum atomic E-state index is -4.55. The smallest absolute Gasteiger partial charge is 0.407 e. The maximum Gasteiger partial charge on any atom is 0.407 e. The lowest BCUT2D eigenvalue weighted by Gasteiger charge is -2.30. The Morgan fingerprint density at radius 2 is 1.77 bits per heavy atom. The van der Waals surface area contributed by atoms with Crippen molar-refractivity contribution in [1.29, 1.82) is 0 Å². The Morgan fingerprint density at radius 3 is 2.40 bits per heavy atom. The molecule has 1 aromatic heterocycles. The van der Waals surface area contributed by atoms with E-state index in [2.05, 4.69) is 15.6 Å². The van der Waals surface area contributed by atoms with E-state index < -0.39 is 48.3 Å². The number of aromatic nitrogens is 1. The number of alkyl carbamates (subject to hydrolysis) is 1. The second kappa shape index (κ2) is 17.0. The van der Waals surface area contributed by atoms with Crippen molar-refractivity contribution in [2.24, 2.45) is 0 Å². The molecule has 3 aromatic rings. The van der Waals surface area contributed by atoms with E-state index in [1.54, 1.807) is 41.7 Å². The second-order valence-electron chi connectivity index (χ2n) is 10.8. The van der Waals surface area contributed by atoms with Crippen LogP contribution in [0.1, 0.15) is 35.4 Å². The van der Waals surface area contributed by atoms with Gasteiger partial charge in [0.15, 0.2) is 0 Å². The SMILES string of the molecule is O=C(C[C@@H](c1ccc(F)cc1)c1ccc(OCCO)cc1)Nc1cncc(F)c1CC[C@@H]1CN[C@H](COC(=O)NCC(F)(F)F)CO1. The summed E-state index contributed by atoms with van der Waals surface area (Å²) in [4.78, 5) is 28.7. The molecule has 0 aliphatic carbocycles. The van der Waals surface area contributed by atoms with Gasteiger partial charge in [0.25, 0.3) is 0 Å². The van der Waals surface area contributed by atoms with Crippen LogP contribution in [-0.2, 0) is 20.7 Å². The van der Waals surface area contributed by atoms with E-state index in [0.29, 0.717) is 24.3 Å². The van der Waals surface area contributed by atoms with E-state index in [-0.39, 0.29) is 56.6 Å². The molecular weight excluding hydrogens is 631 g/mol.